The molecule has 166 valence electrons. The third-order valence-electron chi connectivity index (χ3n) is 5.23. The number of methoxy groups -OCH3 is 1. The van der Waals surface area contributed by atoms with Gasteiger partial charge in [-0.1, -0.05) is 18.2 Å². The number of ether oxygens (including phenoxy) is 1. The van der Waals surface area contributed by atoms with Crippen molar-refractivity contribution in [2.45, 2.75) is 6.92 Å². The van der Waals surface area contributed by atoms with E-state index in [4.69, 9.17) is 10.6 Å². The van der Waals surface area contributed by atoms with Crippen molar-refractivity contribution in [1.29, 1.82) is 0 Å². The minimum absolute atomic E-state index is 0.0540. The van der Waals surface area contributed by atoms with Gasteiger partial charge in [0.25, 0.3) is 5.91 Å². The topological polar surface area (TPSA) is 121 Å². The van der Waals surface area contributed by atoms with Gasteiger partial charge in [-0.15, -0.1) is 0 Å². The number of esters is 1. The highest BCUT2D eigenvalue weighted by atomic mass is 16.5. The molecule has 0 unspecified atom stereocenters. The summed E-state index contributed by atoms with van der Waals surface area (Å²) < 4.78 is 4.78. The number of benzene rings is 3. The molecule has 0 radical (unpaired) electrons. The summed E-state index contributed by atoms with van der Waals surface area (Å²) in [5.41, 5.74) is 3.63. The lowest BCUT2D eigenvalue weighted by atomic mass is 10.1. The molecule has 0 atom stereocenters. The van der Waals surface area contributed by atoms with E-state index >= 15 is 0 Å². The highest BCUT2D eigenvalue weighted by molar-refractivity contribution is 6.13. The molecule has 0 bridgehead atoms. The Morgan fingerprint density at radius 1 is 1.00 bits per heavy atom. The molecule has 1 amide bonds. The molecule has 4 aromatic rings. The van der Waals surface area contributed by atoms with Gasteiger partial charge in [0, 0.05) is 16.5 Å². The first-order valence-corrected chi connectivity index (χ1v) is 10.1. The summed E-state index contributed by atoms with van der Waals surface area (Å²) >= 11 is 0. The number of aromatic amines is 1. The maximum Gasteiger partial charge on any atom is 0.337 e. The summed E-state index contributed by atoms with van der Waals surface area (Å²) in [5.74, 6) is 5.09. The molecule has 4 rings (SSSR count). The summed E-state index contributed by atoms with van der Waals surface area (Å²) in [6.45, 7) is 1.75. The van der Waals surface area contributed by atoms with Crippen LogP contribution in [-0.4, -0.2) is 34.8 Å². The van der Waals surface area contributed by atoms with Crippen molar-refractivity contribution < 1.29 is 19.4 Å². The number of nitrogens with zero attached hydrogens (tertiary/aromatic N) is 2. The Balaban J connectivity index is 1.62. The highest BCUT2D eigenvalue weighted by Crippen LogP contribution is 2.30. The fraction of sp³-hybridized carbons (Fsp3) is 0.0800. The first-order valence-electron chi connectivity index (χ1n) is 10.1. The number of fused-ring (bicyclic) bond motifs is 1. The van der Waals surface area contributed by atoms with Gasteiger partial charge in [0.05, 0.1) is 35.3 Å². The molecular formula is C25H22N4O4. The van der Waals surface area contributed by atoms with Crippen LogP contribution in [-0.2, 0) is 4.74 Å². The molecule has 0 spiro atoms. The van der Waals surface area contributed by atoms with Crippen molar-refractivity contribution in [3.63, 3.8) is 0 Å². The number of nitrogens with two attached hydrogens (primary N) is 1. The Kier molecular flexibility index (Phi) is 5.93. The third-order valence-corrected chi connectivity index (χ3v) is 5.23. The number of nitrogens with one attached hydrogen (secondary N) is 1. The zero-order valence-corrected chi connectivity index (χ0v) is 18.1. The normalized spacial score (nSPS) is 11.4. The van der Waals surface area contributed by atoms with Crippen molar-refractivity contribution in [3.05, 3.63) is 89.5 Å². The standard InChI is InChI=1S/C25H22N4O4/c1-15(22-20-14-17(25(32)33-2)10-13-21(20)28-23(22)30)27-18-11-8-16(9-12-18)24(31)29(26)19-6-4-3-5-7-19/h3-14,28,30H,26H2,1-2H3. The average Bonchev–Trinajstić information content (AvgIpc) is 3.18. The van der Waals surface area contributed by atoms with Crippen molar-refractivity contribution >= 4 is 39.9 Å². The van der Waals surface area contributed by atoms with Crippen LogP contribution in [0.3, 0.4) is 0 Å². The number of aromatic hydroxyl groups is 1. The Hall–Kier alpha value is -4.43. The molecule has 3 aromatic carbocycles. The molecule has 0 aliphatic heterocycles. The number of H-pyrrole nitrogens is 1. The molecule has 0 aliphatic carbocycles. The van der Waals surface area contributed by atoms with Gasteiger partial charge >= 0.3 is 5.97 Å². The molecule has 4 N–H and O–H groups in total. The summed E-state index contributed by atoms with van der Waals surface area (Å²) in [4.78, 5) is 32.0. The molecule has 33 heavy (non-hydrogen) atoms. The lowest BCUT2D eigenvalue weighted by Crippen LogP contribution is -2.37. The van der Waals surface area contributed by atoms with Crippen LogP contribution in [0.15, 0.2) is 77.8 Å². The van der Waals surface area contributed by atoms with E-state index in [9.17, 15) is 14.7 Å². The van der Waals surface area contributed by atoms with E-state index in [0.29, 0.717) is 44.7 Å². The molecule has 0 saturated carbocycles. The molecular weight excluding hydrogens is 420 g/mol. The van der Waals surface area contributed by atoms with Crippen molar-refractivity contribution in [3.8, 4) is 5.88 Å². The van der Waals surface area contributed by atoms with Crippen molar-refractivity contribution in [2.24, 2.45) is 10.8 Å². The van der Waals surface area contributed by atoms with Gasteiger partial charge in [0.2, 0.25) is 0 Å². The third kappa shape index (κ3) is 4.32. The van der Waals surface area contributed by atoms with Crippen LogP contribution >= 0.6 is 0 Å². The number of rotatable bonds is 5. The minimum atomic E-state index is -0.470. The number of hydrazine groups is 1. The molecule has 1 aromatic heterocycles. The molecule has 0 saturated heterocycles. The minimum Gasteiger partial charge on any atom is -0.494 e. The number of hydrogen-bond acceptors (Lipinski definition) is 6. The number of para-hydroxylation sites is 1. The zero-order chi connectivity index (χ0) is 23.5. The SMILES string of the molecule is COC(=O)c1ccc2[nH]c(O)c(C(C)=Nc3ccc(C(=O)N(N)c4ccccc4)cc3)c2c1. The van der Waals surface area contributed by atoms with Gasteiger partial charge in [-0.3, -0.25) is 9.79 Å². The van der Waals surface area contributed by atoms with Crippen molar-refractivity contribution in [1.82, 2.24) is 4.98 Å². The lowest BCUT2D eigenvalue weighted by molar-refractivity contribution is 0.0600. The fourth-order valence-electron chi connectivity index (χ4n) is 3.56. The molecule has 1 heterocycles. The highest BCUT2D eigenvalue weighted by Gasteiger charge is 2.17. The van der Waals surface area contributed by atoms with Crippen LogP contribution in [0, 0.1) is 0 Å². The number of amides is 1. The first-order chi connectivity index (χ1) is 15.9. The Labute approximate surface area is 189 Å². The van der Waals surface area contributed by atoms with E-state index in [1.165, 1.54) is 7.11 Å². The van der Waals surface area contributed by atoms with E-state index in [0.717, 1.165) is 5.01 Å². The number of aliphatic imine (C=N–C) groups is 1. The van der Waals surface area contributed by atoms with Gasteiger partial charge < -0.3 is 14.8 Å². The second-order valence-corrected chi connectivity index (χ2v) is 7.36. The van der Waals surface area contributed by atoms with E-state index in [1.807, 2.05) is 6.07 Å². The van der Waals surface area contributed by atoms with Crippen LogP contribution in [0.5, 0.6) is 5.88 Å². The van der Waals surface area contributed by atoms with E-state index in [2.05, 4.69) is 9.98 Å². The second-order valence-electron chi connectivity index (χ2n) is 7.36. The predicted molar refractivity (Wildman–Crippen MR) is 127 cm³/mol. The number of hydrogen-bond donors (Lipinski definition) is 3. The van der Waals surface area contributed by atoms with Crippen LogP contribution in [0.1, 0.15) is 33.2 Å². The Bertz CT molecular complexity index is 1360. The average molecular weight is 442 g/mol. The molecule has 8 nitrogen and oxygen atoms in total. The number of carbonyl (C=O) groups is 2. The van der Waals surface area contributed by atoms with Gasteiger partial charge in [0.15, 0.2) is 5.88 Å². The van der Waals surface area contributed by atoms with Gasteiger partial charge in [-0.05, 0) is 61.5 Å². The van der Waals surface area contributed by atoms with Gasteiger partial charge in [-0.2, -0.15) is 0 Å². The molecule has 0 aliphatic rings. The van der Waals surface area contributed by atoms with Crippen LogP contribution in [0.4, 0.5) is 11.4 Å². The number of carbonyl (C=O) groups excluding carboxylic acids is 2. The smallest absolute Gasteiger partial charge is 0.337 e. The van der Waals surface area contributed by atoms with Crippen molar-refractivity contribution in [2.75, 3.05) is 12.1 Å². The monoisotopic (exact) mass is 442 g/mol. The summed E-state index contributed by atoms with van der Waals surface area (Å²) in [6, 6.07) is 20.6. The van der Waals surface area contributed by atoms with Gasteiger partial charge in [-0.25, -0.2) is 15.6 Å². The summed E-state index contributed by atoms with van der Waals surface area (Å²) in [7, 11) is 1.31. The number of anilines is 1. The molecule has 0 fully saturated rings. The summed E-state index contributed by atoms with van der Waals surface area (Å²) in [6.07, 6.45) is 0. The maximum absolute atomic E-state index is 12.7. The largest absolute Gasteiger partial charge is 0.494 e. The van der Waals surface area contributed by atoms with E-state index < -0.39 is 5.97 Å². The van der Waals surface area contributed by atoms with E-state index in [1.54, 1.807) is 73.7 Å². The summed E-state index contributed by atoms with van der Waals surface area (Å²) in [5, 5.41) is 12.2. The predicted octanol–water partition coefficient (Wildman–Crippen LogP) is 4.32. The Morgan fingerprint density at radius 2 is 1.67 bits per heavy atom. The maximum atomic E-state index is 12.7. The van der Waals surface area contributed by atoms with Crippen LogP contribution in [0.2, 0.25) is 0 Å². The van der Waals surface area contributed by atoms with Gasteiger partial charge in [0.1, 0.15) is 0 Å². The second kappa shape index (κ2) is 8.97. The van der Waals surface area contributed by atoms with Crippen LogP contribution in [0.25, 0.3) is 10.9 Å². The first kappa shape index (κ1) is 21.8. The number of aromatic nitrogens is 1. The zero-order valence-electron chi connectivity index (χ0n) is 18.1. The Morgan fingerprint density at radius 3 is 2.33 bits per heavy atom. The fourth-order valence-corrected chi connectivity index (χ4v) is 3.56. The van der Waals surface area contributed by atoms with Crippen LogP contribution < -0.4 is 10.9 Å². The van der Waals surface area contributed by atoms with E-state index in [-0.39, 0.29) is 11.8 Å². The lowest BCUT2D eigenvalue weighted by Gasteiger charge is -2.16. The molecule has 8 heteroatoms. The quantitative estimate of drug-likeness (QED) is 0.140.